The topological polar surface area (TPSA) is 91.0 Å². The summed E-state index contributed by atoms with van der Waals surface area (Å²) in [4.78, 5) is 69.4. The summed E-state index contributed by atoms with van der Waals surface area (Å²) in [5.74, 6) is 0.338. The molecule has 2 atom stereocenters. The van der Waals surface area contributed by atoms with Crippen molar-refractivity contribution < 1.29 is 0 Å². The van der Waals surface area contributed by atoms with Gasteiger partial charge in [-0.25, -0.2) is 4.98 Å². The Morgan fingerprint density at radius 3 is 1.17 bits per heavy atom. The van der Waals surface area contributed by atoms with Crippen LogP contribution in [0.5, 0.6) is 0 Å². The van der Waals surface area contributed by atoms with Crippen LogP contribution in [0, 0.1) is 15.0 Å². The van der Waals surface area contributed by atoms with Gasteiger partial charge in [0.1, 0.15) is 16.2 Å². The summed E-state index contributed by atoms with van der Waals surface area (Å²) in [6.45, 7) is 9.73. The molecule has 6 aromatic heterocycles. The predicted molar refractivity (Wildman–Crippen MR) is 342 cm³/mol. The number of unbranched alkanes of at least 4 members (excludes halogenated alkanes) is 24. The van der Waals surface area contributed by atoms with Crippen LogP contribution in [-0.2, 0) is 13.1 Å². The number of aromatic nitrogens is 3. The first kappa shape index (κ1) is 59.4. The van der Waals surface area contributed by atoms with E-state index in [1.54, 1.807) is 43.1 Å². The Balaban J connectivity index is 1.29. The summed E-state index contributed by atoms with van der Waals surface area (Å²) >= 11 is 15.0. The molecule has 414 valence electrons. The van der Waals surface area contributed by atoms with Gasteiger partial charge < -0.3 is 0 Å². The second kappa shape index (κ2) is 30.2. The van der Waals surface area contributed by atoms with Crippen molar-refractivity contribution in [2.45, 2.75) is 246 Å². The van der Waals surface area contributed by atoms with Crippen molar-refractivity contribution >= 4 is 140 Å². The molecular formula is C62H85N3O4S7. The van der Waals surface area contributed by atoms with Gasteiger partial charge in [-0.3, -0.25) is 28.3 Å². The Hall–Kier alpha value is -2.72. The highest BCUT2D eigenvalue weighted by Crippen LogP contribution is 2.49. The number of benzene rings is 2. The predicted octanol–water partition coefficient (Wildman–Crippen LogP) is 21.0. The molecule has 0 radical (unpaired) electrons. The molecule has 0 aliphatic heterocycles. The molecule has 8 rings (SSSR count). The van der Waals surface area contributed by atoms with Crippen molar-refractivity contribution in [3.63, 3.8) is 0 Å². The summed E-state index contributed by atoms with van der Waals surface area (Å²) in [6, 6.07) is 4.05. The maximum absolute atomic E-state index is 15.8. The smallest absolute Gasteiger partial charge is 0.263 e. The molecule has 8 aromatic rings. The Kier molecular flexibility index (Phi) is 23.6. The van der Waals surface area contributed by atoms with E-state index in [0.717, 1.165) is 103 Å². The zero-order valence-corrected chi connectivity index (χ0v) is 52.0. The van der Waals surface area contributed by atoms with Crippen molar-refractivity contribution in [1.82, 2.24) is 14.1 Å². The SMILES string of the molecule is CCCCCCCCCCC(CCCCCCCC)Cn1c(=O)c2c3nc(-c4cccs4)sc3c3c(=O)n(CC(CCCCCCCC)CCCCCCCCCC)c(=O)c4c5sc6sc(=S)sc6sc5c(c1=O)c2c34. The number of fused-ring (bicyclic) bond motifs is 7. The molecule has 0 N–H and O–H groups in total. The lowest BCUT2D eigenvalue weighted by Gasteiger charge is -2.21. The van der Waals surface area contributed by atoms with Crippen LogP contribution in [0.1, 0.15) is 233 Å². The van der Waals surface area contributed by atoms with Crippen LogP contribution in [0.3, 0.4) is 0 Å². The average Bonchev–Trinajstić information content (AvgIpc) is 4.32. The molecule has 0 spiro atoms. The zero-order valence-electron chi connectivity index (χ0n) is 46.3. The van der Waals surface area contributed by atoms with Crippen LogP contribution in [0.4, 0.5) is 0 Å². The van der Waals surface area contributed by atoms with E-state index >= 15 is 19.2 Å². The molecule has 2 unspecified atom stereocenters. The first-order valence-corrected chi connectivity index (χ1v) is 35.3. The second-order valence-electron chi connectivity index (χ2n) is 22.1. The fourth-order valence-electron chi connectivity index (χ4n) is 12.0. The molecule has 14 heteroatoms. The number of nitrogens with zero attached hydrogens (tertiary/aromatic N) is 3. The zero-order chi connectivity index (χ0) is 53.4. The van der Waals surface area contributed by atoms with Gasteiger partial charge in [-0.15, -0.1) is 68.0 Å². The standard InChI is InChI=1S/C62H85N3O4S7/c1-5-9-13-17-21-23-27-31-36-42(34-29-25-19-15-11-7-3)40-64-56(66)47-45-46-48(52-51(47)63-55(72-52)44-38-33-39-71-44)57(67)65(41-43(35-30-26-20-16-12-8-4)37-32-28-24-22-18-14-10-6-2)59(69)50(46)54-53(49(45)58(64)68)73-60-61(74-54)76-62(70)75-60/h33,38-39,42-43H,5-32,34-37,40-41H2,1-4H3. The fraction of sp³-hybridized carbons (Fsp3) is 0.645. The molecule has 0 fully saturated rings. The molecule has 0 amide bonds. The molecule has 2 aromatic carbocycles. The largest absolute Gasteiger partial charge is 0.274 e. The molecule has 6 heterocycles. The van der Waals surface area contributed by atoms with Crippen LogP contribution >= 0.6 is 80.2 Å². The van der Waals surface area contributed by atoms with Crippen molar-refractivity contribution in [2.24, 2.45) is 11.8 Å². The monoisotopic (exact) mass is 1160 g/mol. The minimum atomic E-state index is -0.348. The Morgan fingerprint density at radius 1 is 0.434 bits per heavy atom. The Bertz CT molecular complexity index is 3190. The molecule has 0 aliphatic rings. The third-order valence-corrected chi connectivity index (χ3v) is 24.1. The summed E-state index contributed by atoms with van der Waals surface area (Å²) in [7, 11) is 0. The minimum absolute atomic E-state index is 0.166. The average molecular weight is 1160 g/mol. The van der Waals surface area contributed by atoms with Crippen molar-refractivity contribution in [3.8, 4) is 9.88 Å². The van der Waals surface area contributed by atoms with Gasteiger partial charge in [0.05, 0.1) is 46.0 Å². The minimum Gasteiger partial charge on any atom is -0.274 e. The molecular weight excluding hydrogens is 1080 g/mol. The van der Waals surface area contributed by atoms with Crippen LogP contribution in [0.25, 0.3) is 69.8 Å². The molecule has 76 heavy (non-hydrogen) atoms. The molecule has 0 bridgehead atoms. The summed E-state index contributed by atoms with van der Waals surface area (Å²) in [5, 5.41) is 5.39. The van der Waals surface area contributed by atoms with Gasteiger partial charge in [-0.05, 0) is 49.0 Å². The number of thiophene rings is 1. The highest BCUT2D eigenvalue weighted by Gasteiger charge is 2.31. The van der Waals surface area contributed by atoms with Gasteiger partial charge in [0.25, 0.3) is 22.2 Å². The van der Waals surface area contributed by atoms with Gasteiger partial charge >= 0.3 is 0 Å². The Labute approximate surface area is 480 Å². The van der Waals surface area contributed by atoms with Crippen molar-refractivity contribution in [1.29, 1.82) is 0 Å². The van der Waals surface area contributed by atoms with E-state index in [2.05, 4.69) is 27.7 Å². The first-order valence-electron chi connectivity index (χ1n) is 30.0. The van der Waals surface area contributed by atoms with E-state index in [4.69, 9.17) is 17.2 Å². The first-order chi connectivity index (χ1) is 37.2. The second-order valence-corrected chi connectivity index (χ2v) is 29.9. The normalized spacial score (nSPS) is 13.1. The maximum atomic E-state index is 15.8. The van der Waals surface area contributed by atoms with E-state index in [1.165, 1.54) is 162 Å². The summed E-state index contributed by atoms with van der Waals surface area (Å²) in [5.41, 5.74) is -0.812. The Morgan fingerprint density at radius 2 is 0.789 bits per heavy atom. The van der Waals surface area contributed by atoms with E-state index in [9.17, 15) is 0 Å². The van der Waals surface area contributed by atoms with Crippen molar-refractivity contribution in [3.05, 3.63) is 62.1 Å². The highest BCUT2D eigenvalue weighted by atomic mass is 32.2. The lowest BCUT2D eigenvalue weighted by atomic mass is 9.92. The third-order valence-electron chi connectivity index (χ3n) is 16.2. The van der Waals surface area contributed by atoms with Gasteiger partial charge in [0.15, 0.2) is 0 Å². The van der Waals surface area contributed by atoms with E-state index in [-0.39, 0.29) is 34.1 Å². The van der Waals surface area contributed by atoms with E-state index in [1.807, 2.05) is 17.5 Å². The fourth-order valence-corrected chi connectivity index (χ4v) is 20.2. The third kappa shape index (κ3) is 14.4. The quantitative estimate of drug-likeness (QED) is 0.0167. The van der Waals surface area contributed by atoms with Gasteiger partial charge in [-0.1, -0.05) is 226 Å². The molecule has 0 saturated carbocycles. The van der Waals surface area contributed by atoms with Crippen molar-refractivity contribution in [2.75, 3.05) is 0 Å². The molecule has 0 aliphatic carbocycles. The number of pyridine rings is 2. The van der Waals surface area contributed by atoms with Gasteiger partial charge in [0, 0.05) is 23.9 Å². The molecule has 0 saturated heterocycles. The number of thiazole rings is 1. The van der Waals surface area contributed by atoms with Crippen LogP contribution in [-0.4, -0.2) is 14.1 Å². The van der Waals surface area contributed by atoms with Crippen LogP contribution in [0.15, 0.2) is 36.7 Å². The summed E-state index contributed by atoms with van der Waals surface area (Å²) in [6.07, 6.45) is 37.9. The lowest BCUT2D eigenvalue weighted by molar-refractivity contribution is 0.350. The number of rotatable bonds is 37. The van der Waals surface area contributed by atoms with E-state index in [0.29, 0.717) is 60.3 Å². The maximum Gasteiger partial charge on any atom is 0.263 e. The van der Waals surface area contributed by atoms with Gasteiger partial charge in [-0.2, -0.15) is 0 Å². The van der Waals surface area contributed by atoms with Crippen LogP contribution < -0.4 is 22.2 Å². The molecule has 7 nitrogen and oxygen atoms in total. The summed E-state index contributed by atoms with van der Waals surface area (Å²) < 4.78 is 8.03. The van der Waals surface area contributed by atoms with Gasteiger partial charge in [0.2, 0.25) is 0 Å². The highest BCUT2D eigenvalue weighted by molar-refractivity contribution is 7.78. The van der Waals surface area contributed by atoms with Crippen LogP contribution in [0.2, 0.25) is 0 Å². The number of hydrogen-bond donors (Lipinski definition) is 0. The number of hydrogen-bond acceptors (Lipinski definition) is 12. The lowest BCUT2D eigenvalue weighted by Crippen LogP contribution is -2.38. The van der Waals surface area contributed by atoms with E-state index < -0.39 is 0 Å².